The molecule has 0 unspecified atom stereocenters. The fourth-order valence-electron chi connectivity index (χ4n) is 1.75. The van der Waals surface area contributed by atoms with E-state index in [1.807, 2.05) is 20.8 Å². The van der Waals surface area contributed by atoms with Crippen LogP contribution in [0.15, 0.2) is 18.7 Å². The number of rotatable bonds is 4. The summed E-state index contributed by atoms with van der Waals surface area (Å²) in [5, 5.41) is 0. The van der Waals surface area contributed by atoms with Crippen molar-refractivity contribution >= 4 is 13.4 Å². The van der Waals surface area contributed by atoms with E-state index in [1.165, 1.54) is 5.56 Å². The number of aryl methyl sites for hydroxylation is 1. The van der Waals surface area contributed by atoms with E-state index in [2.05, 4.69) is 13.5 Å². The van der Waals surface area contributed by atoms with Crippen LogP contribution in [-0.4, -0.2) is 7.85 Å². The van der Waals surface area contributed by atoms with E-state index in [4.69, 9.17) is 0 Å². The van der Waals surface area contributed by atoms with Crippen molar-refractivity contribution < 1.29 is 4.39 Å². The summed E-state index contributed by atoms with van der Waals surface area (Å²) in [7, 11) is 1.98. The third-order valence-corrected chi connectivity index (χ3v) is 2.84. The van der Waals surface area contributed by atoms with Gasteiger partial charge in [-0.2, -0.15) is 0 Å². The van der Waals surface area contributed by atoms with Crippen LogP contribution in [0.2, 0.25) is 0 Å². The molecule has 80 valence electrons. The summed E-state index contributed by atoms with van der Waals surface area (Å²) in [6.07, 6.45) is 2.55. The summed E-state index contributed by atoms with van der Waals surface area (Å²) in [4.78, 5) is 0. The van der Waals surface area contributed by atoms with E-state index in [9.17, 15) is 4.39 Å². The highest BCUT2D eigenvalue weighted by Crippen LogP contribution is 2.24. The Morgan fingerprint density at radius 2 is 2.00 bits per heavy atom. The van der Waals surface area contributed by atoms with Gasteiger partial charge in [0.25, 0.3) is 0 Å². The van der Waals surface area contributed by atoms with Crippen molar-refractivity contribution in [2.75, 3.05) is 0 Å². The minimum absolute atomic E-state index is 0.0979. The summed E-state index contributed by atoms with van der Waals surface area (Å²) in [5.41, 5.74) is 4.03. The van der Waals surface area contributed by atoms with E-state index in [-0.39, 0.29) is 5.82 Å². The van der Waals surface area contributed by atoms with Crippen LogP contribution in [-0.2, 0) is 12.7 Å². The van der Waals surface area contributed by atoms with Crippen molar-refractivity contribution in [3.05, 3.63) is 41.2 Å². The molecule has 0 aliphatic heterocycles. The molecule has 0 N–H and O–H groups in total. The molecule has 1 aromatic rings. The largest absolute Gasteiger partial charge is 0.207 e. The number of hydrogen-bond donors (Lipinski definition) is 0. The van der Waals surface area contributed by atoms with Crippen LogP contribution in [0.25, 0.3) is 5.57 Å². The van der Waals surface area contributed by atoms with Gasteiger partial charge in [-0.25, -0.2) is 4.39 Å². The average Bonchev–Trinajstić information content (AvgIpc) is 2.27. The number of hydrogen-bond acceptors (Lipinski definition) is 0. The van der Waals surface area contributed by atoms with Crippen molar-refractivity contribution in [2.45, 2.75) is 33.0 Å². The van der Waals surface area contributed by atoms with Gasteiger partial charge in [0.2, 0.25) is 0 Å². The molecule has 0 aliphatic carbocycles. The van der Waals surface area contributed by atoms with Crippen LogP contribution in [0.3, 0.4) is 0 Å². The van der Waals surface area contributed by atoms with Gasteiger partial charge in [0.1, 0.15) is 13.7 Å². The van der Waals surface area contributed by atoms with Gasteiger partial charge in [-0.05, 0) is 41.2 Å². The van der Waals surface area contributed by atoms with E-state index in [0.29, 0.717) is 0 Å². The van der Waals surface area contributed by atoms with Gasteiger partial charge in [-0.3, -0.25) is 0 Å². The minimum Gasteiger partial charge on any atom is -0.207 e. The van der Waals surface area contributed by atoms with Gasteiger partial charge in [-0.15, -0.1) is 0 Å². The van der Waals surface area contributed by atoms with Crippen LogP contribution in [0.4, 0.5) is 4.39 Å². The zero-order valence-electron chi connectivity index (χ0n) is 9.86. The zero-order valence-corrected chi connectivity index (χ0v) is 9.86. The van der Waals surface area contributed by atoms with Crippen LogP contribution in [0.1, 0.15) is 37.0 Å². The molecule has 1 aromatic carbocycles. The highest BCUT2D eigenvalue weighted by atomic mass is 19.1. The first-order chi connectivity index (χ1) is 7.13. The van der Waals surface area contributed by atoms with E-state index in [1.54, 1.807) is 6.07 Å². The predicted molar refractivity (Wildman–Crippen MR) is 67.4 cm³/mol. The lowest BCUT2D eigenvalue weighted by molar-refractivity contribution is 0.615. The number of allylic oxidation sites excluding steroid dienone is 1. The molecule has 0 fully saturated rings. The molecule has 0 radical (unpaired) electrons. The summed E-state index contributed by atoms with van der Waals surface area (Å²) in [6, 6.07) is 3.62. The van der Waals surface area contributed by atoms with Crippen molar-refractivity contribution in [1.82, 2.24) is 0 Å². The summed E-state index contributed by atoms with van der Waals surface area (Å²) in [5.74, 6) is -0.0979. The first-order valence-corrected chi connectivity index (χ1v) is 5.63. The standard InChI is InChI=1S/C13H18BF/c1-4-9(3)12-7-13(15)11(8-14)6-10(12)5-2/h6-7H,3-5,8,14H2,1-2H3. The maximum Gasteiger partial charge on any atom is 0.126 e. The van der Waals surface area contributed by atoms with Gasteiger partial charge in [0, 0.05) is 0 Å². The van der Waals surface area contributed by atoms with E-state index < -0.39 is 0 Å². The summed E-state index contributed by atoms with van der Waals surface area (Å²) >= 11 is 0. The molecule has 1 rings (SSSR count). The predicted octanol–water partition coefficient (Wildman–Crippen LogP) is 2.94. The molecule has 15 heavy (non-hydrogen) atoms. The number of halogens is 1. The zero-order chi connectivity index (χ0) is 11.4. The van der Waals surface area contributed by atoms with Crippen LogP contribution >= 0.6 is 0 Å². The summed E-state index contributed by atoms with van der Waals surface area (Å²) < 4.78 is 13.6. The Morgan fingerprint density at radius 1 is 1.33 bits per heavy atom. The monoisotopic (exact) mass is 204 g/mol. The van der Waals surface area contributed by atoms with E-state index >= 15 is 0 Å². The molecule has 0 saturated carbocycles. The van der Waals surface area contributed by atoms with Crippen LogP contribution in [0, 0.1) is 5.82 Å². The smallest absolute Gasteiger partial charge is 0.126 e. The van der Waals surface area contributed by atoms with Crippen molar-refractivity contribution in [1.29, 1.82) is 0 Å². The Balaban J connectivity index is 3.27. The second-order valence-corrected chi connectivity index (χ2v) is 3.76. The molecule has 2 heteroatoms. The number of benzene rings is 1. The third-order valence-electron chi connectivity index (χ3n) is 2.84. The quantitative estimate of drug-likeness (QED) is 0.661. The van der Waals surface area contributed by atoms with E-state index in [0.717, 1.165) is 35.9 Å². The van der Waals surface area contributed by atoms with Crippen molar-refractivity contribution in [2.24, 2.45) is 0 Å². The molecule has 0 aromatic heterocycles. The van der Waals surface area contributed by atoms with Gasteiger partial charge in [0.05, 0.1) is 0 Å². The Labute approximate surface area is 92.6 Å². The lowest BCUT2D eigenvalue weighted by Gasteiger charge is -2.12. The van der Waals surface area contributed by atoms with Crippen molar-refractivity contribution in [3.63, 3.8) is 0 Å². The fraction of sp³-hybridized carbons (Fsp3) is 0.385. The third kappa shape index (κ3) is 2.50. The lowest BCUT2D eigenvalue weighted by atomic mass is 9.90. The molecular formula is C13H18BF. The molecule has 0 spiro atoms. The minimum atomic E-state index is -0.0979. The molecule has 0 amide bonds. The molecule has 0 atom stereocenters. The molecule has 0 bridgehead atoms. The molecule has 0 nitrogen and oxygen atoms in total. The Morgan fingerprint density at radius 3 is 2.47 bits per heavy atom. The Kier molecular flexibility index (Phi) is 4.13. The SMILES string of the molecule is BCc1cc(CC)c(C(=C)CC)cc1F. The van der Waals surface area contributed by atoms with Gasteiger partial charge in [-0.1, -0.05) is 32.8 Å². The Hall–Kier alpha value is -1.05. The van der Waals surface area contributed by atoms with Gasteiger partial charge < -0.3 is 0 Å². The van der Waals surface area contributed by atoms with Crippen LogP contribution in [0.5, 0.6) is 0 Å². The topological polar surface area (TPSA) is 0 Å². The van der Waals surface area contributed by atoms with Crippen molar-refractivity contribution in [3.8, 4) is 0 Å². The lowest BCUT2D eigenvalue weighted by Crippen LogP contribution is -1.98. The summed E-state index contributed by atoms with van der Waals surface area (Å²) in [6.45, 7) is 8.13. The molecule has 0 aliphatic rings. The van der Waals surface area contributed by atoms with Gasteiger partial charge >= 0.3 is 0 Å². The maximum absolute atomic E-state index is 13.6. The fourth-order valence-corrected chi connectivity index (χ4v) is 1.75. The normalized spacial score (nSPS) is 10.3. The van der Waals surface area contributed by atoms with Gasteiger partial charge in [0.15, 0.2) is 0 Å². The average molecular weight is 204 g/mol. The Bertz CT molecular complexity index is 369. The maximum atomic E-state index is 13.6. The molecule has 0 heterocycles. The first kappa shape index (κ1) is 12.0. The molecule has 0 saturated heterocycles. The highest BCUT2D eigenvalue weighted by Gasteiger charge is 2.09. The highest BCUT2D eigenvalue weighted by molar-refractivity contribution is 6.08. The second kappa shape index (κ2) is 5.15. The molecular weight excluding hydrogens is 186 g/mol. The second-order valence-electron chi connectivity index (χ2n) is 3.76. The van der Waals surface area contributed by atoms with Crippen LogP contribution < -0.4 is 0 Å². The first-order valence-electron chi connectivity index (χ1n) is 5.63.